The maximum atomic E-state index is 0. The molecule has 5 heavy (non-hydrogen) atoms. The van der Waals surface area contributed by atoms with Crippen LogP contribution in [0, 0.1) is 0 Å². The summed E-state index contributed by atoms with van der Waals surface area (Å²) in [7, 11) is 0. The molecule has 0 spiro atoms. The summed E-state index contributed by atoms with van der Waals surface area (Å²) in [5, 5.41) is 0. The smallest absolute Gasteiger partial charge is 2.00 e. The molecule has 0 heterocycles. The zero-order chi connectivity index (χ0) is 0. The first-order valence-corrected chi connectivity index (χ1v) is 0. The van der Waals surface area contributed by atoms with Crippen molar-refractivity contribution in [2.24, 2.45) is 0 Å². The average Bonchev–Trinajstić information content (AvgIpc) is 0. The molecule has 0 saturated heterocycles. The molecule has 0 amide bonds. The minimum Gasteiger partial charge on any atom is -2.00 e. The van der Waals surface area contributed by atoms with Crippen molar-refractivity contribution in [2.45, 2.75) is 0 Å². The Kier molecular flexibility index (Phi) is 2180. The van der Waals surface area contributed by atoms with Gasteiger partial charge >= 0.3 is 36.8 Å². The molecule has 0 atom stereocenters. The molecular weight excluding hydrogens is 178 g/mol. The largest absolute Gasteiger partial charge is 3.00 e. The Morgan fingerprint density at radius 2 is 0.600 bits per heavy atom. The standard InChI is InChI=1S/Al.3O.Rh/q+3;3*-2;+3. The molecule has 0 rings (SSSR count). The van der Waals surface area contributed by atoms with Gasteiger partial charge in [0.25, 0.3) is 0 Å². The number of hydrogen-bond acceptors (Lipinski definition) is 0. The van der Waals surface area contributed by atoms with E-state index in [0.29, 0.717) is 0 Å². The average molecular weight is 178 g/mol. The monoisotopic (exact) mass is 178 g/mol. The summed E-state index contributed by atoms with van der Waals surface area (Å²) in [6.07, 6.45) is 0. The van der Waals surface area contributed by atoms with Gasteiger partial charge in [0.1, 0.15) is 0 Å². The quantitative estimate of drug-likeness (QED) is 0.437. The predicted molar refractivity (Wildman–Crippen MR) is 7.81 cm³/mol. The Bertz CT molecular complexity index is 6.85. The molecule has 0 radical (unpaired) electrons. The summed E-state index contributed by atoms with van der Waals surface area (Å²) in [6.45, 7) is 0. The fourth-order valence-electron chi connectivity index (χ4n) is 0. The van der Waals surface area contributed by atoms with E-state index in [1.165, 1.54) is 0 Å². The molecule has 0 aliphatic carbocycles. The Hall–Kier alpha value is 1.04. The first-order valence-electron chi connectivity index (χ1n) is 0. The molecule has 0 aromatic heterocycles. The third kappa shape index (κ3) is 43.3. The Balaban J connectivity index is 0. The van der Waals surface area contributed by atoms with Crippen molar-refractivity contribution >= 4 is 17.4 Å². The van der Waals surface area contributed by atoms with E-state index in [0.717, 1.165) is 0 Å². The van der Waals surface area contributed by atoms with Gasteiger partial charge in [-0.2, -0.15) is 0 Å². The second kappa shape index (κ2) is 76.4. The van der Waals surface area contributed by atoms with Gasteiger partial charge in [-0.05, 0) is 0 Å². The summed E-state index contributed by atoms with van der Waals surface area (Å²) in [5.41, 5.74) is 0. The predicted octanol–water partition coefficient (Wildman–Crippen LogP) is -0.740. The third-order valence-electron chi connectivity index (χ3n) is 0. The molecule has 0 saturated carbocycles. The summed E-state index contributed by atoms with van der Waals surface area (Å²) >= 11 is 0. The molecule has 3 nitrogen and oxygen atoms in total. The molecule has 0 aliphatic rings. The van der Waals surface area contributed by atoms with Gasteiger partial charge in [0.2, 0.25) is 0 Å². The molecule has 0 aromatic rings. The summed E-state index contributed by atoms with van der Waals surface area (Å²) in [4.78, 5) is 0. The van der Waals surface area contributed by atoms with E-state index in [2.05, 4.69) is 0 Å². The van der Waals surface area contributed by atoms with Gasteiger partial charge in [-0.25, -0.2) is 0 Å². The van der Waals surface area contributed by atoms with Gasteiger partial charge in [-0.1, -0.05) is 0 Å². The molecule has 0 aliphatic heterocycles. The van der Waals surface area contributed by atoms with Crippen LogP contribution in [0.25, 0.3) is 0 Å². The van der Waals surface area contributed by atoms with Crippen LogP contribution in [-0.2, 0) is 35.9 Å². The molecule has 0 unspecified atom stereocenters. The van der Waals surface area contributed by atoms with E-state index in [-0.39, 0.29) is 53.3 Å². The van der Waals surface area contributed by atoms with Crippen molar-refractivity contribution in [2.75, 3.05) is 0 Å². The normalized spacial score (nSPS) is 0. The van der Waals surface area contributed by atoms with Gasteiger partial charge in [0.05, 0.1) is 0 Å². The van der Waals surface area contributed by atoms with Gasteiger partial charge in [-0.3, -0.25) is 0 Å². The van der Waals surface area contributed by atoms with Crippen molar-refractivity contribution in [3.63, 3.8) is 0 Å². The molecule has 30 valence electrons. The van der Waals surface area contributed by atoms with Crippen molar-refractivity contribution in [3.05, 3.63) is 0 Å². The second-order valence-electron chi connectivity index (χ2n) is 0. The minimum atomic E-state index is 0. The van der Waals surface area contributed by atoms with E-state index >= 15 is 0 Å². The molecule has 0 fully saturated rings. The molecule has 0 aromatic carbocycles. The summed E-state index contributed by atoms with van der Waals surface area (Å²) in [5.74, 6) is 0. The number of rotatable bonds is 0. The number of hydrogen-bond donors (Lipinski definition) is 0. The van der Waals surface area contributed by atoms with Crippen LogP contribution in [0.4, 0.5) is 0 Å². The maximum Gasteiger partial charge on any atom is 3.00 e. The molecule has 5 heteroatoms. The Labute approximate surface area is 53.6 Å². The van der Waals surface area contributed by atoms with Crippen molar-refractivity contribution in [1.82, 2.24) is 0 Å². The van der Waals surface area contributed by atoms with Crippen LogP contribution in [0.2, 0.25) is 0 Å². The second-order valence-corrected chi connectivity index (χ2v) is 0. The third-order valence-corrected chi connectivity index (χ3v) is 0. The summed E-state index contributed by atoms with van der Waals surface area (Å²) in [6, 6.07) is 0. The zero-order valence-corrected chi connectivity index (χ0v) is 4.93. The SMILES string of the molecule is [Al+3].[O-2].[O-2].[O-2].[Rh+3]. The van der Waals surface area contributed by atoms with Crippen LogP contribution in [-0.4, -0.2) is 17.4 Å². The van der Waals surface area contributed by atoms with Gasteiger partial charge in [0, 0.05) is 0 Å². The Morgan fingerprint density at radius 3 is 0.600 bits per heavy atom. The van der Waals surface area contributed by atoms with Gasteiger partial charge in [0.15, 0.2) is 0 Å². The van der Waals surface area contributed by atoms with Crippen molar-refractivity contribution in [1.29, 1.82) is 0 Å². The Morgan fingerprint density at radius 1 is 0.600 bits per heavy atom. The van der Waals surface area contributed by atoms with E-state index in [1.54, 1.807) is 0 Å². The summed E-state index contributed by atoms with van der Waals surface area (Å²) < 4.78 is 0. The van der Waals surface area contributed by atoms with Crippen LogP contribution in [0.3, 0.4) is 0 Å². The van der Waals surface area contributed by atoms with E-state index < -0.39 is 0 Å². The fourth-order valence-corrected chi connectivity index (χ4v) is 0. The molecule has 0 N–H and O–H groups in total. The first-order chi connectivity index (χ1) is 0. The topological polar surface area (TPSA) is 85.5 Å². The van der Waals surface area contributed by atoms with E-state index in [9.17, 15) is 0 Å². The van der Waals surface area contributed by atoms with Crippen LogP contribution in [0.1, 0.15) is 0 Å². The van der Waals surface area contributed by atoms with Gasteiger partial charge < -0.3 is 16.4 Å². The van der Waals surface area contributed by atoms with Crippen LogP contribution in [0.15, 0.2) is 0 Å². The van der Waals surface area contributed by atoms with Crippen molar-refractivity contribution < 1.29 is 35.9 Å². The molecular formula is AlO3Rh. The zero-order valence-electron chi connectivity index (χ0n) is 2.14. The fraction of sp³-hybridized carbons (Fsp3) is 0. The van der Waals surface area contributed by atoms with Gasteiger partial charge in [-0.15, -0.1) is 0 Å². The maximum absolute atomic E-state index is 0. The van der Waals surface area contributed by atoms with E-state index in [4.69, 9.17) is 0 Å². The van der Waals surface area contributed by atoms with Crippen molar-refractivity contribution in [3.8, 4) is 0 Å². The first kappa shape index (κ1) is 143. The van der Waals surface area contributed by atoms with Crippen LogP contribution in [0.5, 0.6) is 0 Å². The molecule has 0 bridgehead atoms. The van der Waals surface area contributed by atoms with E-state index in [1.807, 2.05) is 0 Å². The van der Waals surface area contributed by atoms with Crippen LogP contribution < -0.4 is 0 Å². The van der Waals surface area contributed by atoms with Crippen LogP contribution >= 0.6 is 0 Å². The minimum absolute atomic E-state index is 0.